The molecule has 6 rings (SSSR count). The first kappa shape index (κ1) is 38.3. The van der Waals surface area contributed by atoms with Gasteiger partial charge in [-0.1, -0.05) is 60.7 Å². The predicted molar refractivity (Wildman–Crippen MR) is 198 cm³/mol. The van der Waals surface area contributed by atoms with Gasteiger partial charge in [0.05, 0.1) is 11.6 Å². The molecule has 0 aromatic heterocycles. The summed E-state index contributed by atoms with van der Waals surface area (Å²) in [6, 6.07) is 18.9. The van der Waals surface area contributed by atoms with Gasteiger partial charge in [-0.05, 0) is 59.2 Å². The minimum absolute atomic E-state index is 0.0151. The van der Waals surface area contributed by atoms with E-state index in [1.54, 1.807) is 78.9 Å². The molecule has 274 valence electrons. The van der Waals surface area contributed by atoms with Gasteiger partial charge < -0.3 is 31.7 Å². The summed E-state index contributed by atoms with van der Waals surface area (Å²) in [4.78, 5) is 80.2. The zero-order valence-corrected chi connectivity index (χ0v) is 29.6. The van der Waals surface area contributed by atoms with Crippen molar-refractivity contribution in [1.29, 1.82) is 5.26 Å². The van der Waals surface area contributed by atoms with Gasteiger partial charge in [-0.25, -0.2) is 4.79 Å². The highest BCUT2D eigenvalue weighted by atomic mass is 32.2. The van der Waals surface area contributed by atoms with Crippen molar-refractivity contribution in [3.05, 3.63) is 113 Å². The van der Waals surface area contributed by atoms with Gasteiger partial charge in [0.15, 0.2) is 0 Å². The van der Waals surface area contributed by atoms with Crippen LogP contribution in [0.4, 0.5) is 5.69 Å². The van der Waals surface area contributed by atoms with Crippen molar-refractivity contribution in [2.45, 2.75) is 74.4 Å². The second-order valence-corrected chi connectivity index (χ2v) is 14.1. The Hall–Kier alpha value is -5.94. The predicted octanol–water partition coefficient (Wildman–Crippen LogP) is 2.75. The number of carbonyl (C=O) groups is 6. The van der Waals surface area contributed by atoms with Gasteiger partial charge >= 0.3 is 5.97 Å². The third-order valence-corrected chi connectivity index (χ3v) is 9.98. The molecule has 3 aliphatic rings. The molecule has 2 bridgehead atoms. The van der Waals surface area contributed by atoms with Crippen molar-refractivity contribution in [3.63, 3.8) is 0 Å². The van der Waals surface area contributed by atoms with E-state index in [2.05, 4.69) is 26.6 Å². The van der Waals surface area contributed by atoms with Crippen LogP contribution in [0, 0.1) is 11.3 Å². The molecular formula is C39H40N6O7S. The van der Waals surface area contributed by atoms with Crippen LogP contribution in [0.5, 0.6) is 0 Å². The first-order valence-electron chi connectivity index (χ1n) is 17.2. The van der Waals surface area contributed by atoms with Gasteiger partial charge in [-0.15, -0.1) is 11.8 Å². The third kappa shape index (κ3) is 11.5. The smallest absolute Gasteiger partial charge is 0.326 e. The molecule has 53 heavy (non-hydrogen) atoms. The number of carboxylic acid groups (broad SMARTS) is 1. The summed E-state index contributed by atoms with van der Waals surface area (Å²) in [7, 11) is 0. The number of nitrogens with one attached hydrogen (secondary N) is 5. The van der Waals surface area contributed by atoms with E-state index in [9.17, 15) is 39.1 Å². The van der Waals surface area contributed by atoms with E-state index < -0.39 is 59.7 Å². The Morgan fingerprint density at radius 3 is 1.94 bits per heavy atom. The normalized spacial score (nSPS) is 23.0. The second kappa shape index (κ2) is 18.5. The molecule has 14 heteroatoms. The summed E-state index contributed by atoms with van der Waals surface area (Å²) in [6.45, 7) is 0. The standard InChI is InChI=1S/C39H40N6O7S/c40-23-27-10-8-25(9-11-27)20-31-36(48)43-30(19-24-5-2-1-3-6-24)37(49)45-33(39(51)52)21-26-12-14-28(15-13-26)41-34(46)16-17-35(47)42-32(38(50)44-31)22-29-7-4-18-53-29/h1-6,8-15,18,29-33H,7,16-17,19-22H2,(H,41,46)(H,42,47)(H,43,48)(H,44,50)(H,45,49)(H,51,52)/t29?,30-,31+,32-,33+/m1/s1. The van der Waals surface area contributed by atoms with Crippen molar-refractivity contribution < 1.29 is 33.9 Å². The number of amides is 5. The summed E-state index contributed by atoms with van der Waals surface area (Å²) in [5.41, 5.74) is 2.70. The Balaban J connectivity index is 1.49. The molecule has 13 nitrogen and oxygen atoms in total. The van der Waals surface area contributed by atoms with Crippen LogP contribution in [0.3, 0.4) is 0 Å². The van der Waals surface area contributed by atoms with Gasteiger partial charge in [0.1, 0.15) is 24.2 Å². The van der Waals surface area contributed by atoms with Gasteiger partial charge in [0.25, 0.3) is 0 Å². The Labute approximate surface area is 311 Å². The van der Waals surface area contributed by atoms with Crippen molar-refractivity contribution >= 4 is 53.0 Å². The molecular weight excluding hydrogens is 697 g/mol. The summed E-state index contributed by atoms with van der Waals surface area (Å²) in [6.07, 6.45) is 2.42. The van der Waals surface area contributed by atoms with Crippen LogP contribution < -0.4 is 26.6 Å². The number of benzene rings is 3. The van der Waals surface area contributed by atoms with Crippen LogP contribution in [-0.4, -0.2) is 70.0 Å². The van der Waals surface area contributed by atoms with E-state index in [0.29, 0.717) is 34.4 Å². The third-order valence-electron chi connectivity index (χ3n) is 8.86. The molecule has 0 spiro atoms. The quantitative estimate of drug-likeness (QED) is 0.197. The fourth-order valence-corrected chi connectivity index (χ4v) is 6.96. The number of carbonyl (C=O) groups excluding carboxylic acids is 5. The number of aliphatic carboxylic acids is 1. The van der Waals surface area contributed by atoms with Crippen molar-refractivity contribution in [3.8, 4) is 6.07 Å². The fraction of sp³-hybridized carbons (Fsp3) is 0.308. The van der Waals surface area contributed by atoms with Gasteiger partial charge in [-0.2, -0.15) is 5.26 Å². The lowest BCUT2D eigenvalue weighted by Crippen LogP contribution is -2.59. The number of allylic oxidation sites excluding steroid dienone is 1. The number of carboxylic acids is 1. The molecule has 1 unspecified atom stereocenters. The molecule has 0 saturated heterocycles. The van der Waals surface area contributed by atoms with Crippen molar-refractivity contribution in [1.82, 2.24) is 21.3 Å². The number of nitrogens with zero attached hydrogens (tertiary/aromatic N) is 1. The van der Waals surface area contributed by atoms with Crippen molar-refractivity contribution in [2.75, 3.05) is 5.32 Å². The van der Waals surface area contributed by atoms with Crippen LogP contribution in [0.25, 0.3) is 0 Å². The minimum Gasteiger partial charge on any atom is -0.480 e. The topological polar surface area (TPSA) is 207 Å². The second-order valence-electron chi connectivity index (χ2n) is 12.9. The molecule has 0 fully saturated rings. The number of rotatable bonds is 7. The molecule has 0 radical (unpaired) electrons. The van der Waals surface area contributed by atoms with Gasteiger partial charge in [0, 0.05) is 43.0 Å². The lowest BCUT2D eigenvalue weighted by molar-refractivity contribution is -0.142. The highest BCUT2D eigenvalue weighted by molar-refractivity contribution is 8.03. The Morgan fingerprint density at radius 2 is 1.34 bits per heavy atom. The average Bonchev–Trinajstić information content (AvgIpc) is 3.67. The Kier molecular flexibility index (Phi) is 13.4. The maximum Gasteiger partial charge on any atom is 0.326 e. The van der Waals surface area contributed by atoms with Crippen LogP contribution in [0.15, 0.2) is 90.3 Å². The van der Waals surface area contributed by atoms with Crippen LogP contribution in [0.2, 0.25) is 0 Å². The number of nitriles is 1. The Bertz CT molecular complexity index is 1870. The molecule has 0 aliphatic carbocycles. The zero-order valence-electron chi connectivity index (χ0n) is 28.7. The molecule has 5 amide bonds. The fourth-order valence-electron chi connectivity index (χ4n) is 5.99. The van der Waals surface area contributed by atoms with Gasteiger partial charge in [-0.3, -0.25) is 24.0 Å². The number of fused-ring (bicyclic) bond motifs is 18. The highest BCUT2D eigenvalue weighted by Gasteiger charge is 2.33. The molecule has 0 saturated carbocycles. The van der Waals surface area contributed by atoms with Crippen LogP contribution in [0.1, 0.15) is 47.9 Å². The van der Waals surface area contributed by atoms with E-state index in [1.165, 1.54) is 11.8 Å². The van der Waals surface area contributed by atoms with Crippen LogP contribution in [-0.2, 0) is 48.0 Å². The molecule has 3 aliphatic heterocycles. The van der Waals surface area contributed by atoms with E-state index in [-0.39, 0.29) is 43.8 Å². The summed E-state index contributed by atoms with van der Waals surface area (Å²) in [5.74, 6) is -4.34. The average molecular weight is 737 g/mol. The largest absolute Gasteiger partial charge is 0.480 e. The minimum atomic E-state index is -1.36. The maximum absolute atomic E-state index is 14.2. The summed E-state index contributed by atoms with van der Waals surface area (Å²) >= 11 is 1.52. The molecule has 3 aromatic carbocycles. The van der Waals surface area contributed by atoms with Crippen LogP contribution >= 0.6 is 11.8 Å². The SMILES string of the molecule is N#Cc1ccc(C[C@@H]2NC(=O)[C@@H](CC3CC=CS3)NC(=O)CCC(=O)Nc3ccc(cc3)C[C@@H](C(=O)O)NC(=O)[C@@H](Cc3ccccc3)NC2=O)cc1. The van der Waals surface area contributed by atoms with E-state index in [1.807, 2.05) is 17.6 Å². The molecule has 3 aromatic rings. The lowest BCUT2D eigenvalue weighted by atomic mass is 10.00. The first-order valence-corrected chi connectivity index (χ1v) is 18.2. The number of anilines is 1. The number of thioether (sulfide) groups is 1. The van der Waals surface area contributed by atoms with E-state index >= 15 is 0 Å². The highest BCUT2D eigenvalue weighted by Crippen LogP contribution is 2.28. The number of hydrogen-bond donors (Lipinski definition) is 6. The Morgan fingerprint density at radius 1 is 0.736 bits per heavy atom. The molecule has 5 atom stereocenters. The molecule has 3 heterocycles. The molecule has 6 N–H and O–H groups in total. The number of hydrogen-bond acceptors (Lipinski definition) is 8. The maximum atomic E-state index is 14.2. The summed E-state index contributed by atoms with van der Waals surface area (Å²) < 4.78 is 0. The van der Waals surface area contributed by atoms with Crippen molar-refractivity contribution in [2.24, 2.45) is 0 Å². The lowest BCUT2D eigenvalue weighted by Gasteiger charge is -2.27. The first-order chi connectivity index (χ1) is 25.6. The van der Waals surface area contributed by atoms with E-state index in [4.69, 9.17) is 0 Å². The van der Waals surface area contributed by atoms with E-state index in [0.717, 1.165) is 0 Å². The summed E-state index contributed by atoms with van der Waals surface area (Å²) in [5, 5.41) is 34.9. The van der Waals surface area contributed by atoms with Gasteiger partial charge in [0.2, 0.25) is 29.5 Å². The zero-order chi connectivity index (χ0) is 37.7. The monoisotopic (exact) mass is 736 g/mol.